The molecular weight excluding hydrogens is 208 g/mol. The van der Waals surface area contributed by atoms with Gasteiger partial charge in [0.05, 0.1) is 0 Å². The van der Waals surface area contributed by atoms with Crippen LogP contribution in [-0.2, 0) is 0 Å². The highest BCUT2D eigenvalue weighted by Gasteiger charge is 2.19. The van der Waals surface area contributed by atoms with E-state index < -0.39 is 0 Å². The van der Waals surface area contributed by atoms with Crippen LogP contribution in [0.3, 0.4) is 0 Å². The molecule has 0 heterocycles. The van der Waals surface area contributed by atoms with Crippen molar-refractivity contribution < 1.29 is 0 Å². The van der Waals surface area contributed by atoms with Crippen molar-refractivity contribution in [1.82, 2.24) is 5.01 Å². The zero-order valence-electron chi connectivity index (χ0n) is 11.4. The second-order valence-corrected chi connectivity index (χ2v) is 6.18. The van der Waals surface area contributed by atoms with Crippen molar-refractivity contribution >= 4 is 0 Å². The first-order chi connectivity index (χ1) is 8.36. The second-order valence-electron chi connectivity index (χ2n) is 6.18. The number of nitrogens with zero attached hydrogens (tertiary/aromatic N) is 1. The number of hydrazine groups is 1. The molecule has 0 bridgehead atoms. The van der Waals surface area contributed by atoms with Gasteiger partial charge in [0.25, 0.3) is 0 Å². The molecule has 2 aliphatic carbocycles. The Labute approximate surface area is 107 Å². The molecule has 2 nitrogen and oxygen atoms in total. The highest BCUT2D eigenvalue weighted by molar-refractivity contribution is 4.73. The lowest BCUT2D eigenvalue weighted by Gasteiger charge is -2.31. The minimum Gasteiger partial charge on any atom is -0.269 e. The summed E-state index contributed by atoms with van der Waals surface area (Å²) in [5.41, 5.74) is 0. The van der Waals surface area contributed by atoms with E-state index in [0.717, 1.165) is 12.5 Å². The summed E-state index contributed by atoms with van der Waals surface area (Å²) in [5.74, 6) is 7.21. The fraction of sp³-hybridized carbons (Fsp3) is 1.00. The first kappa shape index (κ1) is 13.4. The van der Waals surface area contributed by atoms with Crippen LogP contribution in [0.2, 0.25) is 0 Å². The van der Waals surface area contributed by atoms with Crippen molar-refractivity contribution in [3.63, 3.8) is 0 Å². The van der Waals surface area contributed by atoms with Gasteiger partial charge >= 0.3 is 0 Å². The minimum absolute atomic E-state index is 0.690. The molecule has 0 aromatic heterocycles. The van der Waals surface area contributed by atoms with Crippen molar-refractivity contribution in [3.8, 4) is 0 Å². The molecule has 2 rings (SSSR count). The Morgan fingerprint density at radius 3 is 2.06 bits per heavy atom. The van der Waals surface area contributed by atoms with Crippen LogP contribution in [0.5, 0.6) is 0 Å². The van der Waals surface area contributed by atoms with Crippen molar-refractivity contribution in [1.29, 1.82) is 0 Å². The summed E-state index contributed by atoms with van der Waals surface area (Å²) in [7, 11) is 0. The molecule has 0 radical (unpaired) electrons. The predicted octanol–water partition coefficient (Wildman–Crippen LogP) is 3.86. The lowest BCUT2D eigenvalue weighted by Crippen LogP contribution is -2.42. The number of rotatable bonds is 5. The van der Waals surface area contributed by atoms with Crippen LogP contribution in [-0.4, -0.2) is 17.6 Å². The standard InChI is InChI=1S/C15H30N2/c16-17(15-11-5-2-6-12-15)13-7-10-14-8-3-1-4-9-14/h14-15H,1-13,16H2. The van der Waals surface area contributed by atoms with E-state index in [1.54, 1.807) is 0 Å². The molecule has 0 amide bonds. The van der Waals surface area contributed by atoms with E-state index in [1.165, 1.54) is 77.0 Å². The summed E-state index contributed by atoms with van der Waals surface area (Å²) in [4.78, 5) is 0. The summed E-state index contributed by atoms with van der Waals surface area (Å²) >= 11 is 0. The van der Waals surface area contributed by atoms with Crippen molar-refractivity contribution in [2.24, 2.45) is 11.8 Å². The molecule has 0 saturated heterocycles. The molecule has 2 heteroatoms. The molecule has 0 unspecified atom stereocenters. The fourth-order valence-electron chi connectivity index (χ4n) is 3.63. The third-order valence-corrected chi connectivity index (χ3v) is 4.80. The van der Waals surface area contributed by atoms with Gasteiger partial charge in [0, 0.05) is 12.6 Å². The van der Waals surface area contributed by atoms with Gasteiger partial charge in [0.2, 0.25) is 0 Å². The molecular formula is C15H30N2. The maximum atomic E-state index is 6.20. The van der Waals surface area contributed by atoms with Crippen LogP contribution < -0.4 is 5.84 Å². The van der Waals surface area contributed by atoms with Gasteiger partial charge < -0.3 is 0 Å². The van der Waals surface area contributed by atoms with E-state index in [-0.39, 0.29) is 0 Å². The number of hydrogen-bond donors (Lipinski definition) is 1. The monoisotopic (exact) mass is 238 g/mol. The van der Waals surface area contributed by atoms with E-state index in [1.807, 2.05) is 0 Å². The number of hydrogen-bond acceptors (Lipinski definition) is 2. The third-order valence-electron chi connectivity index (χ3n) is 4.80. The van der Waals surface area contributed by atoms with E-state index in [2.05, 4.69) is 5.01 Å². The van der Waals surface area contributed by atoms with E-state index in [4.69, 9.17) is 5.84 Å². The molecule has 2 aliphatic rings. The molecule has 0 aromatic rings. The van der Waals surface area contributed by atoms with Crippen molar-refractivity contribution in [2.45, 2.75) is 83.1 Å². The van der Waals surface area contributed by atoms with Crippen LogP contribution in [0.25, 0.3) is 0 Å². The Morgan fingerprint density at radius 1 is 0.824 bits per heavy atom. The molecule has 2 N–H and O–H groups in total. The van der Waals surface area contributed by atoms with Gasteiger partial charge in [0.1, 0.15) is 0 Å². The smallest absolute Gasteiger partial charge is 0.0241 e. The first-order valence-corrected chi connectivity index (χ1v) is 7.87. The molecule has 2 fully saturated rings. The van der Waals surface area contributed by atoms with Crippen LogP contribution >= 0.6 is 0 Å². The summed E-state index contributed by atoms with van der Waals surface area (Å²) in [6.45, 7) is 1.13. The zero-order valence-corrected chi connectivity index (χ0v) is 11.4. The van der Waals surface area contributed by atoms with Crippen LogP contribution in [0.15, 0.2) is 0 Å². The predicted molar refractivity (Wildman–Crippen MR) is 73.6 cm³/mol. The SMILES string of the molecule is NN(CCCC1CCCCC1)C1CCCCC1. The summed E-state index contributed by atoms with van der Waals surface area (Å²) < 4.78 is 0. The minimum atomic E-state index is 0.690. The van der Waals surface area contributed by atoms with Gasteiger partial charge in [-0.25, -0.2) is 5.01 Å². The highest BCUT2D eigenvalue weighted by Crippen LogP contribution is 2.27. The Morgan fingerprint density at radius 2 is 1.41 bits per heavy atom. The second kappa shape index (κ2) is 7.38. The van der Waals surface area contributed by atoms with Gasteiger partial charge in [-0.1, -0.05) is 51.4 Å². The van der Waals surface area contributed by atoms with Gasteiger partial charge in [0.15, 0.2) is 0 Å². The van der Waals surface area contributed by atoms with E-state index in [9.17, 15) is 0 Å². The van der Waals surface area contributed by atoms with Gasteiger partial charge in [-0.05, 0) is 31.6 Å². The largest absolute Gasteiger partial charge is 0.269 e. The quantitative estimate of drug-likeness (QED) is 0.582. The maximum absolute atomic E-state index is 6.20. The molecule has 0 atom stereocenters. The van der Waals surface area contributed by atoms with Crippen molar-refractivity contribution in [3.05, 3.63) is 0 Å². The van der Waals surface area contributed by atoms with Gasteiger partial charge in [-0.15, -0.1) is 0 Å². The molecule has 0 spiro atoms. The zero-order chi connectivity index (χ0) is 11.9. The molecule has 2 saturated carbocycles. The fourth-order valence-corrected chi connectivity index (χ4v) is 3.63. The Hall–Kier alpha value is -0.0800. The Balaban J connectivity index is 1.57. The average molecular weight is 238 g/mol. The third kappa shape index (κ3) is 4.59. The van der Waals surface area contributed by atoms with Crippen LogP contribution in [0, 0.1) is 5.92 Å². The molecule has 17 heavy (non-hydrogen) atoms. The van der Waals surface area contributed by atoms with Crippen LogP contribution in [0.1, 0.15) is 77.0 Å². The summed E-state index contributed by atoms with van der Waals surface area (Å²) in [5, 5.41) is 2.15. The van der Waals surface area contributed by atoms with Crippen LogP contribution in [0.4, 0.5) is 0 Å². The normalized spacial score (nSPS) is 24.4. The lowest BCUT2D eigenvalue weighted by atomic mass is 9.86. The summed E-state index contributed by atoms with van der Waals surface area (Å²) in [6.07, 6.45) is 17.0. The van der Waals surface area contributed by atoms with E-state index >= 15 is 0 Å². The maximum Gasteiger partial charge on any atom is 0.0241 e. The van der Waals surface area contributed by atoms with E-state index in [0.29, 0.717) is 6.04 Å². The molecule has 0 aliphatic heterocycles. The lowest BCUT2D eigenvalue weighted by molar-refractivity contribution is 0.151. The first-order valence-electron chi connectivity index (χ1n) is 7.87. The highest BCUT2D eigenvalue weighted by atomic mass is 15.4. The topological polar surface area (TPSA) is 29.3 Å². The Kier molecular flexibility index (Phi) is 5.79. The molecule has 100 valence electrons. The van der Waals surface area contributed by atoms with Gasteiger partial charge in [-0.2, -0.15) is 0 Å². The summed E-state index contributed by atoms with van der Waals surface area (Å²) in [6, 6.07) is 0.690. The molecule has 0 aromatic carbocycles. The average Bonchev–Trinajstić information content (AvgIpc) is 2.41. The van der Waals surface area contributed by atoms with Crippen molar-refractivity contribution in [2.75, 3.05) is 6.54 Å². The Bertz CT molecular complexity index is 193. The van der Waals surface area contributed by atoms with Gasteiger partial charge in [-0.3, -0.25) is 5.84 Å². The number of nitrogens with two attached hydrogens (primary N) is 1.